The summed E-state index contributed by atoms with van der Waals surface area (Å²) in [7, 11) is 0. The van der Waals surface area contributed by atoms with Crippen molar-refractivity contribution in [3.63, 3.8) is 0 Å². The van der Waals surface area contributed by atoms with E-state index >= 15 is 0 Å². The Morgan fingerprint density at radius 1 is 1.14 bits per heavy atom. The summed E-state index contributed by atoms with van der Waals surface area (Å²) in [6, 6.07) is 4.47. The van der Waals surface area contributed by atoms with E-state index in [1.54, 1.807) is 0 Å². The fraction of sp³-hybridized carbons (Fsp3) is 0.440. The van der Waals surface area contributed by atoms with Crippen LogP contribution in [0.15, 0.2) is 36.7 Å². The lowest BCUT2D eigenvalue weighted by atomic mass is 9.83. The summed E-state index contributed by atoms with van der Waals surface area (Å²) in [4.78, 5) is 17.5. The van der Waals surface area contributed by atoms with E-state index < -0.39 is 23.5 Å². The fourth-order valence-electron chi connectivity index (χ4n) is 4.83. The minimum atomic E-state index is -2.76. The first-order valence-electron chi connectivity index (χ1n) is 11.9. The Hall–Kier alpha value is -3.34. The van der Waals surface area contributed by atoms with Crippen LogP contribution in [0, 0.1) is 11.6 Å². The highest BCUT2D eigenvalue weighted by molar-refractivity contribution is 6.05. The molecule has 1 aliphatic carbocycles. The van der Waals surface area contributed by atoms with Crippen molar-refractivity contribution in [1.29, 1.82) is 0 Å². The number of ether oxygens (including phenoxy) is 1. The second-order valence-electron chi connectivity index (χ2n) is 9.29. The van der Waals surface area contributed by atoms with Gasteiger partial charge >= 0.3 is 0 Å². The Morgan fingerprint density at radius 3 is 2.69 bits per heavy atom. The smallest absolute Gasteiger partial charge is 0.277 e. The summed E-state index contributed by atoms with van der Waals surface area (Å²) in [6.45, 7) is 1.14. The molecule has 36 heavy (non-hydrogen) atoms. The predicted octanol–water partition coefficient (Wildman–Crippen LogP) is 5.34. The van der Waals surface area contributed by atoms with Gasteiger partial charge < -0.3 is 10.1 Å². The molecule has 0 spiro atoms. The molecule has 1 aromatic carbocycles. The number of hydrogen-bond donors (Lipinski definition) is 1. The van der Waals surface area contributed by atoms with Crippen molar-refractivity contribution < 1.29 is 27.1 Å². The van der Waals surface area contributed by atoms with Gasteiger partial charge in [-0.25, -0.2) is 22.2 Å². The number of hydrogen-bond acceptors (Lipinski definition) is 5. The fourth-order valence-corrected chi connectivity index (χ4v) is 4.83. The molecule has 1 saturated heterocycles. The molecule has 1 N–H and O–H groups in total. The zero-order valence-electron chi connectivity index (χ0n) is 19.4. The van der Waals surface area contributed by atoms with Crippen LogP contribution in [-0.2, 0) is 11.3 Å². The molecule has 0 radical (unpaired) electrons. The van der Waals surface area contributed by atoms with Crippen molar-refractivity contribution in [2.75, 3.05) is 11.9 Å². The second-order valence-corrected chi connectivity index (χ2v) is 9.29. The molecule has 1 aliphatic heterocycles. The van der Waals surface area contributed by atoms with Crippen LogP contribution in [0.1, 0.15) is 60.6 Å². The first-order valence-corrected chi connectivity index (χ1v) is 11.9. The highest BCUT2D eigenvalue weighted by atomic mass is 19.3. The first kappa shape index (κ1) is 24.4. The molecule has 190 valence electrons. The predicted molar refractivity (Wildman–Crippen MR) is 123 cm³/mol. The molecule has 5 rings (SSSR count). The quantitative estimate of drug-likeness (QED) is 0.459. The van der Waals surface area contributed by atoms with Crippen molar-refractivity contribution in [3.8, 4) is 11.1 Å². The van der Waals surface area contributed by atoms with E-state index in [9.17, 15) is 22.4 Å². The molecule has 2 aliphatic rings. The summed E-state index contributed by atoms with van der Waals surface area (Å²) in [5.74, 6) is -5.11. The number of rotatable bonds is 6. The molecule has 0 unspecified atom stereocenters. The highest BCUT2D eigenvalue weighted by Crippen LogP contribution is 2.44. The van der Waals surface area contributed by atoms with Crippen molar-refractivity contribution in [1.82, 2.24) is 20.0 Å². The third kappa shape index (κ3) is 5.25. The van der Waals surface area contributed by atoms with Crippen LogP contribution >= 0.6 is 0 Å². The van der Waals surface area contributed by atoms with Crippen molar-refractivity contribution in [2.45, 2.75) is 63.0 Å². The normalized spacial score (nSPS) is 19.9. The average molecular weight is 504 g/mol. The summed E-state index contributed by atoms with van der Waals surface area (Å²) < 4.78 is 63.5. The van der Waals surface area contributed by atoms with Crippen molar-refractivity contribution >= 4 is 11.6 Å². The number of nitrogens with zero attached hydrogens (tertiary/aromatic N) is 4. The maximum Gasteiger partial charge on any atom is 0.277 e. The molecule has 11 heteroatoms. The molecule has 7 nitrogen and oxygen atoms in total. The number of halogens is 4. The van der Waals surface area contributed by atoms with E-state index in [0.29, 0.717) is 18.8 Å². The molecular weight excluding hydrogens is 478 g/mol. The summed E-state index contributed by atoms with van der Waals surface area (Å²) >= 11 is 0. The number of anilines is 1. The Balaban J connectivity index is 1.48. The maximum absolute atomic E-state index is 14.7. The molecule has 1 saturated carbocycles. The van der Waals surface area contributed by atoms with Gasteiger partial charge in [0.25, 0.3) is 5.91 Å². The zero-order chi connectivity index (χ0) is 25.3. The minimum absolute atomic E-state index is 0.000443. The van der Waals surface area contributed by atoms with E-state index in [-0.39, 0.29) is 60.2 Å². The first-order chi connectivity index (χ1) is 17.3. The van der Waals surface area contributed by atoms with Gasteiger partial charge in [-0.15, -0.1) is 5.10 Å². The lowest BCUT2D eigenvalue weighted by molar-refractivity contribution is -0.0384. The standard InChI is InChI=1S/C25H25F4N5O2/c26-16-3-4-20(27)19(12-16)18-7-10-30-22(15-5-8-25(28,29)9-6-15)23(18)31-24(35)21-14-34(33-32-21)13-17-2-1-11-36-17/h3-4,7,10,12,14-15,17H,1-2,5-6,8-9,11,13H2,(H,31,35)/t17-/m1/s1. The number of alkyl halides is 2. The third-order valence-corrected chi connectivity index (χ3v) is 6.73. The van der Waals surface area contributed by atoms with Crippen LogP contribution in [0.3, 0.4) is 0 Å². The Bertz CT molecular complexity index is 1250. The number of carbonyl (C=O) groups is 1. The van der Waals surface area contributed by atoms with Crippen LogP contribution in [0.4, 0.5) is 23.2 Å². The lowest BCUT2D eigenvalue weighted by Crippen LogP contribution is -2.25. The Labute approximate surface area is 204 Å². The summed E-state index contributed by atoms with van der Waals surface area (Å²) in [6.07, 6.45) is 4.41. The minimum Gasteiger partial charge on any atom is -0.376 e. The molecule has 1 amide bonds. The van der Waals surface area contributed by atoms with Crippen LogP contribution in [0.5, 0.6) is 0 Å². The van der Waals surface area contributed by atoms with E-state index in [1.165, 1.54) is 23.1 Å². The van der Waals surface area contributed by atoms with Crippen LogP contribution in [-0.4, -0.2) is 44.5 Å². The van der Waals surface area contributed by atoms with E-state index in [4.69, 9.17) is 4.74 Å². The maximum atomic E-state index is 14.7. The number of benzene rings is 1. The van der Waals surface area contributed by atoms with Gasteiger partial charge in [-0.05, 0) is 49.9 Å². The summed E-state index contributed by atoms with van der Waals surface area (Å²) in [5, 5.41) is 10.7. The van der Waals surface area contributed by atoms with Gasteiger partial charge in [-0.2, -0.15) is 0 Å². The highest BCUT2D eigenvalue weighted by Gasteiger charge is 2.37. The SMILES string of the molecule is O=C(Nc1c(-c2cc(F)ccc2F)ccnc1C1CCC(F)(F)CC1)c1cn(C[C@H]2CCCO2)nn1. The number of aromatic nitrogens is 4. The molecular formula is C25H25F4N5O2. The topological polar surface area (TPSA) is 81.9 Å². The van der Waals surface area contributed by atoms with Gasteiger partial charge in [0.2, 0.25) is 5.92 Å². The van der Waals surface area contributed by atoms with Gasteiger partial charge in [0.1, 0.15) is 11.6 Å². The molecule has 3 aromatic rings. The molecule has 0 bridgehead atoms. The molecule has 2 aromatic heterocycles. The molecule has 2 fully saturated rings. The van der Waals surface area contributed by atoms with Crippen LogP contribution in [0.2, 0.25) is 0 Å². The number of nitrogens with one attached hydrogen (secondary N) is 1. The Kier molecular flexibility index (Phi) is 6.74. The second kappa shape index (κ2) is 9.96. The zero-order valence-corrected chi connectivity index (χ0v) is 19.4. The average Bonchev–Trinajstić information content (AvgIpc) is 3.54. The van der Waals surface area contributed by atoms with Gasteiger partial charge in [-0.1, -0.05) is 5.21 Å². The number of carbonyl (C=O) groups excluding carboxylic acids is 1. The third-order valence-electron chi connectivity index (χ3n) is 6.73. The van der Waals surface area contributed by atoms with E-state index in [2.05, 4.69) is 20.6 Å². The van der Waals surface area contributed by atoms with Crippen molar-refractivity contribution in [2.24, 2.45) is 0 Å². The molecule has 3 heterocycles. The monoisotopic (exact) mass is 503 g/mol. The van der Waals surface area contributed by atoms with Gasteiger partial charge in [0, 0.05) is 42.7 Å². The Morgan fingerprint density at radius 2 is 1.94 bits per heavy atom. The number of amides is 1. The largest absolute Gasteiger partial charge is 0.376 e. The van der Waals surface area contributed by atoms with Crippen LogP contribution in [0.25, 0.3) is 11.1 Å². The van der Waals surface area contributed by atoms with Gasteiger partial charge in [-0.3, -0.25) is 9.78 Å². The summed E-state index contributed by atoms with van der Waals surface area (Å²) in [5.41, 5.74) is 0.651. The van der Waals surface area contributed by atoms with Crippen LogP contribution < -0.4 is 5.32 Å². The van der Waals surface area contributed by atoms with E-state index in [0.717, 1.165) is 31.0 Å². The van der Waals surface area contributed by atoms with E-state index in [1.807, 2.05) is 0 Å². The lowest BCUT2D eigenvalue weighted by Gasteiger charge is -2.29. The number of pyridine rings is 1. The van der Waals surface area contributed by atoms with Gasteiger partial charge in [0.05, 0.1) is 30.2 Å². The van der Waals surface area contributed by atoms with Crippen molar-refractivity contribution in [3.05, 3.63) is 59.7 Å². The van der Waals surface area contributed by atoms with Gasteiger partial charge in [0.15, 0.2) is 5.69 Å². The molecule has 1 atom stereocenters.